The van der Waals surface area contributed by atoms with Crippen LogP contribution >= 0.6 is 0 Å². The maximum absolute atomic E-state index is 5.51. The lowest BCUT2D eigenvalue weighted by molar-refractivity contribution is 0.00187. The molecule has 1 fully saturated rings. The Morgan fingerprint density at radius 3 is 3.20 bits per heavy atom. The number of hydrogen-bond acceptors (Lipinski definition) is 6. The van der Waals surface area contributed by atoms with E-state index in [1.54, 1.807) is 12.5 Å². The van der Waals surface area contributed by atoms with E-state index in [-0.39, 0.29) is 6.04 Å². The molecule has 1 atom stereocenters. The third-order valence-electron chi connectivity index (χ3n) is 3.39. The van der Waals surface area contributed by atoms with Crippen molar-refractivity contribution in [3.63, 3.8) is 0 Å². The Kier molecular flexibility index (Phi) is 3.94. The van der Waals surface area contributed by atoms with Gasteiger partial charge in [-0.25, -0.2) is 9.97 Å². The van der Waals surface area contributed by atoms with Crippen molar-refractivity contribution in [3.8, 4) is 0 Å². The highest BCUT2D eigenvalue weighted by molar-refractivity contribution is 5.33. The van der Waals surface area contributed by atoms with Crippen LogP contribution in [0.4, 0.5) is 5.82 Å². The van der Waals surface area contributed by atoms with Crippen molar-refractivity contribution < 1.29 is 9.15 Å². The van der Waals surface area contributed by atoms with Gasteiger partial charge >= 0.3 is 0 Å². The Bertz CT molecular complexity index is 544. The zero-order valence-corrected chi connectivity index (χ0v) is 11.5. The van der Waals surface area contributed by atoms with Crippen molar-refractivity contribution in [3.05, 3.63) is 42.2 Å². The van der Waals surface area contributed by atoms with Crippen LogP contribution in [0.2, 0.25) is 0 Å². The molecular formula is C14H18N4O2. The first-order valence-corrected chi connectivity index (χ1v) is 6.70. The van der Waals surface area contributed by atoms with Crippen LogP contribution in [0.1, 0.15) is 17.6 Å². The summed E-state index contributed by atoms with van der Waals surface area (Å²) in [6.07, 6.45) is 3.44. The lowest BCUT2D eigenvalue weighted by Crippen LogP contribution is -2.37. The summed E-state index contributed by atoms with van der Waals surface area (Å²) in [5.41, 5.74) is 0. The molecule has 0 saturated carbocycles. The predicted molar refractivity (Wildman–Crippen MR) is 74.3 cm³/mol. The lowest BCUT2D eigenvalue weighted by Gasteiger charge is -2.31. The molecule has 2 aromatic rings. The molecule has 6 nitrogen and oxygen atoms in total. The Balaban J connectivity index is 1.69. The van der Waals surface area contributed by atoms with Crippen LogP contribution in [-0.2, 0) is 11.3 Å². The predicted octanol–water partition coefficient (Wildman–Crippen LogP) is 1.68. The second-order valence-electron chi connectivity index (χ2n) is 4.80. The molecule has 0 bridgehead atoms. The fraction of sp³-hybridized carbons (Fsp3) is 0.429. The fourth-order valence-electron chi connectivity index (χ4n) is 2.18. The Hall–Kier alpha value is -1.92. The Morgan fingerprint density at radius 2 is 2.40 bits per heavy atom. The van der Waals surface area contributed by atoms with Gasteiger partial charge in [0.05, 0.1) is 32.1 Å². The van der Waals surface area contributed by atoms with E-state index in [0.29, 0.717) is 13.2 Å². The minimum atomic E-state index is 0.120. The number of nitrogens with zero attached hydrogens (tertiary/aromatic N) is 3. The van der Waals surface area contributed by atoms with E-state index in [1.807, 2.05) is 18.2 Å². The normalized spacial score (nSPS) is 19.9. The molecule has 1 saturated heterocycles. The number of nitrogens with one attached hydrogen (secondary N) is 1. The zero-order chi connectivity index (χ0) is 13.8. The van der Waals surface area contributed by atoms with Crippen LogP contribution in [0.3, 0.4) is 0 Å². The van der Waals surface area contributed by atoms with E-state index in [0.717, 1.165) is 30.6 Å². The van der Waals surface area contributed by atoms with Gasteiger partial charge in [-0.1, -0.05) is 0 Å². The van der Waals surface area contributed by atoms with Gasteiger partial charge in [0.15, 0.2) is 0 Å². The molecule has 1 aliphatic heterocycles. The minimum Gasteiger partial charge on any atom is -0.467 e. The summed E-state index contributed by atoms with van der Waals surface area (Å²) in [4.78, 5) is 11.1. The van der Waals surface area contributed by atoms with Gasteiger partial charge in [0.1, 0.15) is 17.4 Å². The highest BCUT2D eigenvalue weighted by Crippen LogP contribution is 2.20. The smallest absolute Gasteiger partial charge is 0.150 e. The zero-order valence-electron chi connectivity index (χ0n) is 11.5. The van der Waals surface area contributed by atoms with Crippen molar-refractivity contribution in [1.29, 1.82) is 0 Å². The molecule has 0 radical (unpaired) electrons. The van der Waals surface area contributed by atoms with Gasteiger partial charge in [-0.2, -0.15) is 0 Å². The summed E-state index contributed by atoms with van der Waals surface area (Å²) < 4.78 is 10.8. The maximum atomic E-state index is 5.51. The molecule has 0 aliphatic carbocycles. The molecule has 0 aromatic carbocycles. The van der Waals surface area contributed by atoms with Gasteiger partial charge in [-0.3, -0.25) is 4.90 Å². The first-order valence-electron chi connectivity index (χ1n) is 6.70. The highest BCUT2D eigenvalue weighted by Gasteiger charge is 2.23. The number of likely N-dealkylation sites (N-methyl/N-ethyl adjacent to an activating group) is 1. The Morgan fingerprint density at radius 1 is 1.45 bits per heavy atom. The molecule has 0 unspecified atom stereocenters. The van der Waals surface area contributed by atoms with E-state index >= 15 is 0 Å². The van der Waals surface area contributed by atoms with Gasteiger partial charge in [-0.15, -0.1) is 0 Å². The quantitative estimate of drug-likeness (QED) is 0.915. The summed E-state index contributed by atoms with van der Waals surface area (Å²) in [5.74, 6) is 2.46. The minimum absolute atomic E-state index is 0.120. The molecule has 0 spiro atoms. The number of aromatic nitrogens is 2. The maximum Gasteiger partial charge on any atom is 0.150 e. The average Bonchev–Trinajstić information content (AvgIpc) is 2.99. The van der Waals surface area contributed by atoms with Crippen LogP contribution in [0.15, 0.2) is 35.1 Å². The number of morpholine rings is 1. The van der Waals surface area contributed by atoms with E-state index < -0.39 is 0 Å². The fourth-order valence-corrected chi connectivity index (χ4v) is 2.18. The average molecular weight is 274 g/mol. The van der Waals surface area contributed by atoms with E-state index in [2.05, 4.69) is 27.2 Å². The second kappa shape index (κ2) is 6.02. The highest BCUT2D eigenvalue weighted by atomic mass is 16.5. The van der Waals surface area contributed by atoms with Crippen molar-refractivity contribution in [2.75, 3.05) is 32.1 Å². The molecule has 3 rings (SSSR count). The molecule has 2 aromatic heterocycles. The van der Waals surface area contributed by atoms with Crippen molar-refractivity contribution in [2.24, 2.45) is 0 Å². The van der Waals surface area contributed by atoms with Gasteiger partial charge in [0, 0.05) is 12.7 Å². The number of ether oxygens (including phenoxy) is 1. The lowest BCUT2D eigenvalue weighted by atomic mass is 10.2. The van der Waals surface area contributed by atoms with E-state index in [9.17, 15) is 0 Å². The molecular weight excluding hydrogens is 256 g/mol. The summed E-state index contributed by atoms with van der Waals surface area (Å²) >= 11 is 0. The van der Waals surface area contributed by atoms with E-state index in [4.69, 9.17) is 9.15 Å². The van der Waals surface area contributed by atoms with Crippen molar-refractivity contribution in [2.45, 2.75) is 12.6 Å². The van der Waals surface area contributed by atoms with E-state index in [1.165, 1.54) is 0 Å². The van der Waals surface area contributed by atoms with Crippen LogP contribution in [-0.4, -0.2) is 41.7 Å². The van der Waals surface area contributed by atoms with Crippen LogP contribution < -0.4 is 5.32 Å². The van der Waals surface area contributed by atoms with Crippen LogP contribution in [0.5, 0.6) is 0 Å². The Labute approximate surface area is 117 Å². The molecule has 1 N–H and O–H groups in total. The van der Waals surface area contributed by atoms with Crippen LogP contribution in [0, 0.1) is 0 Å². The number of furan rings is 1. The van der Waals surface area contributed by atoms with Gasteiger partial charge in [-0.05, 0) is 25.2 Å². The van der Waals surface area contributed by atoms with Gasteiger partial charge in [0.25, 0.3) is 0 Å². The summed E-state index contributed by atoms with van der Waals surface area (Å²) in [5, 5.41) is 3.24. The second-order valence-corrected chi connectivity index (χ2v) is 4.80. The topological polar surface area (TPSA) is 63.4 Å². The number of rotatable bonds is 4. The SMILES string of the molecule is CN1CCOC[C@@H]1c1nccc(NCc2ccco2)n1. The molecule has 3 heterocycles. The third-order valence-corrected chi connectivity index (χ3v) is 3.39. The largest absolute Gasteiger partial charge is 0.467 e. The first kappa shape index (κ1) is 13.1. The third kappa shape index (κ3) is 2.97. The summed E-state index contributed by atoms with van der Waals surface area (Å²) in [6, 6.07) is 5.78. The molecule has 1 aliphatic rings. The van der Waals surface area contributed by atoms with Crippen LogP contribution in [0.25, 0.3) is 0 Å². The summed E-state index contributed by atoms with van der Waals surface area (Å²) in [6.45, 7) is 2.92. The first-order chi connectivity index (χ1) is 9.83. The number of hydrogen-bond donors (Lipinski definition) is 1. The number of anilines is 1. The standard InChI is InChI=1S/C14H18N4O2/c1-18-6-8-19-10-12(18)14-15-5-4-13(17-14)16-9-11-3-2-7-20-11/h2-5,7,12H,6,8-10H2,1H3,(H,15,16,17)/t12-/m1/s1. The molecule has 0 amide bonds. The van der Waals surface area contributed by atoms with Crippen molar-refractivity contribution >= 4 is 5.82 Å². The van der Waals surface area contributed by atoms with Gasteiger partial charge < -0.3 is 14.5 Å². The summed E-state index contributed by atoms with van der Waals surface area (Å²) in [7, 11) is 2.07. The molecule has 20 heavy (non-hydrogen) atoms. The van der Waals surface area contributed by atoms with Crippen molar-refractivity contribution in [1.82, 2.24) is 14.9 Å². The van der Waals surface area contributed by atoms with Gasteiger partial charge in [0.2, 0.25) is 0 Å². The monoisotopic (exact) mass is 274 g/mol. The molecule has 106 valence electrons. The molecule has 6 heteroatoms.